The molecule has 1 N–H and O–H groups in total. The fourth-order valence-corrected chi connectivity index (χ4v) is 2.39. The monoisotopic (exact) mass is 237 g/mol. The lowest BCUT2D eigenvalue weighted by atomic mass is 9.89. The van der Waals surface area contributed by atoms with E-state index in [4.69, 9.17) is 0 Å². The van der Waals surface area contributed by atoms with Crippen molar-refractivity contribution < 1.29 is 4.39 Å². The van der Waals surface area contributed by atoms with Gasteiger partial charge >= 0.3 is 0 Å². The number of aryl methyl sites for hydroxylation is 1. The van der Waals surface area contributed by atoms with Crippen LogP contribution in [-0.2, 0) is 0 Å². The molecule has 1 aromatic carbocycles. The SMILES string of the molecule is CCC(CC)CC(NC)c1ccc(F)cc1C. The summed E-state index contributed by atoms with van der Waals surface area (Å²) in [5.41, 5.74) is 2.26. The zero-order chi connectivity index (χ0) is 12.8. The predicted octanol–water partition coefficient (Wildman–Crippen LogP) is 4.22. The Bertz CT molecular complexity index is 345. The number of nitrogens with one attached hydrogen (secondary N) is 1. The van der Waals surface area contributed by atoms with Crippen LogP contribution in [0.25, 0.3) is 0 Å². The maximum Gasteiger partial charge on any atom is 0.123 e. The summed E-state index contributed by atoms with van der Waals surface area (Å²) in [5, 5.41) is 3.36. The first-order chi connectivity index (χ1) is 8.12. The Balaban J connectivity index is 2.85. The zero-order valence-corrected chi connectivity index (χ0v) is 11.4. The Morgan fingerprint density at radius 2 is 1.88 bits per heavy atom. The maximum absolute atomic E-state index is 13.1. The van der Waals surface area contributed by atoms with Crippen LogP contribution in [0.2, 0.25) is 0 Å². The van der Waals surface area contributed by atoms with Gasteiger partial charge in [-0.3, -0.25) is 0 Å². The summed E-state index contributed by atoms with van der Waals surface area (Å²) in [5.74, 6) is 0.584. The van der Waals surface area contributed by atoms with Crippen molar-refractivity contribution in [1.29, 1.82) is 0 Å². The van der Waals surface area contributed by atoms with Crippen LogP contribution in [0.4, 0.5) is 4.39 Å². The van der Waals surface area contributed by atoms with Crippen molar-refractivity contribution in [1.82, 2.24) is 5.32 Å². The van der Waals surface area contributed by atoms with Crippen LogP contribution in [0.1, 0.15) is 50.3 Å². The number of rotatable bonds is 6. The van der Waals surface area contributed by atoms with Gasteiger partial charge in [0.1, 0.15) is 5.82 Å². The van der Waals surface area contributed by atoms with Gasteiger partial charge in [-0.1, -0.05) is 32.8 Å². The molecule has 0 saturated carbocycles. The van der Waals surface area contributed by atoms with Crippen LogP contribution in [0.5, 0.6) is 0 Å². The Morgan fingerprint density at radius 3 is 2.35 bits per heavy atom. The molecule has 0 aliphatic rings. The van der Waals surface area contributed by atoms with E-state index in [-0.39, 0.29) is 5.82 Å². The fraction of sp³-hybridized carbons (Fsp3) is 0.600. The quantitative estimate of drug-likeness (QED) is 0.781. The van der Waals surface area contributed by atoms with Gasteiger partial charge in [-0.15, -0.1) is 0 Å². The van der Waals surface area contributed by atoms with E-state index < -0.39 is 0 Å². The smallest absolute Gasteiger partial charge is 0.123 e. The van der Waals surface area contributed by atoms with Crippen LogP contribution < -0.4 is 5.32 Å². The molecule has 0 saturated heterocycles. The minimum absolute atomic E-state index is 0.149. The summed E-state index contributed by atoms with van der Waals surface area (Å²) in [6.45, 7) is 6.45. The molecule has 1 rings (SSSR count). The molecule has 1 nitrogen and oxygen atoms in total. The Labute approximate surface area is 104 Å². The molecule has 0 aliphatic heterocycles. The van der Waals surface area contributed by atoms with Gasteiger partial charge in [0.15, 0.2) is 0 Å². The lowest BCUT2D eigenvalue weighted by Gasteiger charge is -2.23. The minimum Gasteiger partial charge on any atom is -0.313 e. The molecule has 0 aromatic heterocycles. The highest BCUT2D eigenvalue weighted by atomic mass is 19.1. The van der Waals surface area contributed by atoms with E-state index >= 15 is 0 Å². The highest BCUT2D eigenvalue weighted by molar-refractivity contribution is 5.29. The molecular weight excluding hydrogens is 213 g/mol. The van der Waals surface area contributed by atoms with Gasteiger partial charge in [0.2, 0.25) is 0 Å². The van der Waals surface area contributed by atoms with E-state index in [1.54, 1.807) is 12.1 Å². The Kier molecular flexibility index (Phi) is 5.63. The third-order valence-corrected chi connectivity index (χ3v) is 3.68. The summed E-state index contributed by atoms with van der Waals surface area (Å²) < 4.78 is 13.1. The van der Waals surface area contributed by atoms with E-state index in [1.807, 2.05) is 20.0 Å². The third kappa shape index (κ3) is 3.81. The van der Waals surface area contributed by atoms with E-state index in [0.29, 0.717) is 6.04 Å². The topological polar surface area (TPSA) is 12.0 Å². The van der Waals surface area contributed by atoms with Crippen molar-refractivity contribution in [3.05, 3.63) is 35.1 Å². The maximum atomic E-state index is 13.1. The van der Waals surface area contributed by atoms with E-state index in [2.05, 4.69) is 19.2 Å². The van der Waals surface area contributed by atoms with Gasteiger partial charge in [-0.2, -0.15) is 0 Å². The molecule has 1 atom stereocenters. The second kappa shape index (κ2) is 6.75. The van der Waals surface area contributed by atoms with E-state index in [9.17, 15) is 4.39 Å². The van der Waals surface area contributed by atoms with Crippen LogP contribution in [0, 0.1) is 18.7 Å². The molecule has 0 bridgehead atoms. The van der Waals surface area contributed by atoms with Gasteiger partial charge in [0, 0.05) is 6.04 Å². The van der Waals surface area contributed by atoms with E-state index in [1.165, 1.54) is 18.4 Å². The number of hydrogen-bond donors (Lipinski definition) is 1. The summed E-state index contributed by atoms with van der Waals surface area (Å²) >= 11 is 0. The largest absolute Gasteiger partial charge is 0.313 e. The molecule has 96 valence electrons. The third-order valence-electron chi connectivity index (χ3n) is 3.68. The lowest BCUT2D eigenvalue weighted by Crippen LogP contribution is -2.20. The average molecular weight is 237 g/mol. The van der Waals surface area contributed by atoms with Crippen molar-refractivity contribution in [3.8, 4) is 0 Å². The first kappa shape index (κ1) is 14.2. The summed E-state index contributed by atoms with van der Waals surface area (Å²) in [7, 11) is 1.98. The molecule has 0 spiro atoms. The zero-order valence-electron chi connectivity index (χ0n) is 11.4. The Hall–Kier alpha value is -0.890. The highest BCUT2D eigenvalue weighted by Gasteiger charge is 2.16. The Morgan fingerprint density at radius 1 is 1.24 bits per heavy atom. The van der Waals surface area contributed by atoms with Crippen LogP contribution in [-0.4, -0.2) is 7.05 Å². The van der Waals surface area contributed by atoms with Crippen molar-refractivity contribution in [3.63, 3.8) is 0 Å². The second-order valence-electron chi connectivity index (χ2n) is 4.76. The van der Waals surface area contributed by atoms with Gasteiger partial charge in [-0.25, -0.2) is 4.39 Å². The van der Waals surface area contributed by atoms with Gasteiger partial charge in [0.05, 0.1) is 0 Å². The van der Waals surface area contributed by atoms with Crippen molar-refractivity contribution in [2.45, 2.75) is 46.1 Å². The normalized spacial score (nSPS) is 13.1. The van der Waals surface area contributed by atoms with Gasteiger partial charge in [0.25, 0.3) is 0 Å². The molecule has 1 aromatic rings. The molecule has 0 aliphatic carbocycles. The van der Waals surface area contributed by atoms with Gasteiger partial charge in [-0.05, 0) is 49.6 Å². The van der Waals surface area contributed by atoms with Crippen molar-refractivity contribution in [2.24, 2.45) is 5.92 Å². The summed E-state index contributed by atoms with van der Waals surface area (Å²) in [6, 6.07) is 5.42. The minimum atomic E-state index is -0.149. The molecule has 0 amide bonds. The molecule has 0 heterocycles. The molecular formula is C15H24FN. The number of hydrogen-bond acceptors (Lipinski definition) is 1. The number of benzene rings is 1. The first-order valence-corrected chi connectivity index (χ1v) is 6.55. The standard InChI is InChI=1S/C15H24FN/c1-5-12(6-2)10-15(17-4)14-8-7-13(16)9-11(14)3/h7-9,12,15,17H,5-6,10H2,1-4H3. The van der Waals surface area contributed by atoms with Crippen LogP contribution in [0.15, 0.2) is 18.2 Å². The molecule has 2 heteroatoms. The van der Waals surface area contributed by atoms with E-state index in [0.717, 1.165) is 17.9 Å². The summed E-state index contributed by atoms with van der Waals surface area (Å²) in [4.78, 5) is 0. The first-order valence-electron chi connectivity index (χ1n) is 6.55. The molecule has 0 radical (unpaired) electrons. The fourth-order valence-electron chi connectivity index (χ4n) is 2.39. The summed E-state index contributed by atoms with van der Waals surface area (Å²) in [6.07, 6.45) is 3.53. The number of halogens is 1. The molecule has 0 fully saturated rings. The molecule has 17 heavy (non-hydrogen) atoms. The molecule has 1 unspecified atom stereocenters. The van der Waals surface area contributed by atoms with Crippen molar-refractivity contribution >= 4 is 0 Å². The predicted molar refractivity (Wildman–Crippen MR) is 71.6 cm³/mol. The van der Waals surface area contributed by atoms with Crippen molar-refractivity contribution in [2.75, 3.05) is 7.05 Å². The lowest BCUT2D eigenvalue weighted by molar-refractivity contribution is 0.384. The van der Waals surface area contributed by atoms with Crippen LogP contribution in [0.3, 0.4) is 0 Å². The van der Waals surface area contributed by atoms with Crippen LogP contribution >= 0.6 is 0 Å². The van der Waals surface area contributed by atoms with Gasteiger partial charge < -0.3 is 5.32 Å². The highest BCUT2D eigenvalue weighted by Crippen LogP contribution is 2.27. The second-order valence-corrected chi connectivity index (χ2v) is 4.76. The average Bonchev–Trinajstić information content (AvgIpc) is 2.32.